The van der Waals surface area contributed by atoms with Gasteiger partial charge in [-0.3, -0.25) is 4.68 Å². The Balaban J connectivity index is 1.17. The van der Waals surface area contributed by atoms with Gasteiger partial charge in [0.05, 0.1) is 22.8 Å². The first-order valence-corrected chi connectivity index (χ1v) is 12.1. The quantitative estimate of drug-likeness (QED) is 0.380. The number of benzene rings is 1. The largest absolute Gasteiger partial charge is 0.352 e. The topological polar surface area (TPSA) is 118 Å². The van der Waals surface area contributed by atoms with Crippen molar-refractivity contribution in [1.82, 2.24) is 34.7 Å². The van der Waals surface area contributed by atoms with E-state index in [0.717, 1.165) is 65.4 Å². The predicted molar refractivity (Wildman–Crippen MR) is 140 cm³/mol. The van der Waals surface area contributed by atoms with Crippen LogP contribution in [0.1, 0.15) is 18.1 Å². The molecule has 5 aromatic rings. The second-order valence-electron chi connectivity index (χ2n) is 9.50. The lowest BCUT2D eigenvalue weighted by atomic mass is 9.87. The van der Waals surface area contributed by atoms with E-state index in [1.165, 1.54) is 12.1 Å². The molecule has 0 saturated carbocycles. The van der Waals surface area contributed by atoms with Crippen molar-refractivity contribution in [2.24, 2.45) is 12.8 Å². The number of hydrogen-bond acceptors (Lipinski definition) is 8. The molecule has 1 atom stereocenters. The number of H-pyrrole nitrogens is 1. The highest BCUT2D eigenvalue weighted by atomic mass is 19.1. The zero-order valence-electron chi connectivity index (χ0n) is 20.6. The Hall–Kier alpha value is -4.38. The molecular weight excluding hydrogens is 471 g/mol. The number of nitrogens with one attached hydrogen (secondary N) is 1. The Kier molecular flexibility index (Phi) is 5.56. The van der Waals surface area contributed by atoms with E-state index in [-0.39, 0.29) is 5.82 Å². The van der Waals surface area contributed by atoms with Crippen molar-refractivity contribution in [3.63, 3.8) is 0 Å². The molecular formula is C26H27FN10. The summed E-state index contributed by atoms with van der Waals surface area (Å²) in [6, 6.07) is 8.29. The van der Waals surface area contributed by atoms with Crippen LogP contribution in [0.15, 0.2) is 61.4 Å². The number of anilines is 2. The average Bonchev–Trinajstić information content (AvgIpc) is 3.55. The number of aromatic amines is 1. The number of aryl methyl sites for hydroxylation is 1. The molecule has 5 heterocycles. The third-order valence-electron chi connectivity index (χ3n) is 6.96. The molecule has 6 rings (SSSR count). The summed E-state index contributed by atoms with van der Waals surface area (Å²) in [4.78, 5) is 26.0. The van der Waals surface area contributed by atoms with Gasteiger partial charge < -0.3 is 20.5 Å². The number of piperazine rings is 1. The number of hydrogen-bond donors (Lipinski definition) is 2. The van der Waals surface area contributed by atoms with Crippen molar-refractivity contribution in [3.8, 4) is 11.3 Å². The third kappa shape index (κ3) is 4.27. The zero-order valence-corrected chi connectivity index (χ0v) is 20.6. The minimum Gasteiger partial charge on any atom is -0.352 e. The summed E-state index contributed by atoms with van der Waals surface area (Å²) in [6.07, 6.45) is 8.90. The Labute approximate surface area is 213 Å². The summed E-state index contributed by atoms with van der Waals surface area (Å²) < 4.78 is 15.1. The summed E-state index contributed by atoms with van der Waals surface area (Å²) in [6.45, 7) is 4.93. The van der Waals surface area contributed by atoms with Gasteiger partial charge in [0.1, 0.15) is 23.6 Å². The fraction of sp³-hybridized carbons (Fsp3) is 0.269. The molecule has 0 unspecified atom stereocenters. The van der Waals surface area contributed by atoms with Crippen molar-refractivity contribution < 1.29 is 4.39 Å². The maximum Gasteiger partial charge on any atom is 0.225 e. The second-order valence-corrected chi connectivity index (χ2v) is 9.50. The number of nitrogens with two attached hydrogens (primary N) is 1. The molecule has 0 radical (unpaired) electrons. The first-order chi connectivity index (χ1) is 17.9. The number of fused-ring (bicyclic) bond motifs is 1. The summed E-state index contributed by atoms with van der Waals surface area (Å²) in [5, 5.41) is 5.25. The van der Waals surface area contributed by atoms with E-state index in [2.05, 4.69) is 45.9 Å². The lowest BCUT2D eigenvalue weighted by molar-refractivity contribution is 0.585. The maximum absolute atomic E-state index is 13.3. The first kappa shape index (κ1) is 23.0. The highest BCUT2D eigenvalue weighted by molar-refractivity contribution is 5.91. The minimum absolute atomic E-state index is 0.293. The SMILES string of the molecule is Cn1cc(-c2cc3c(N4CCN(c5ncc([C@@](C)(N)c6ccc(F)cc6)cn5)CC4)ncnc3[nH]2)cn1. The molecule has 0 amide bonds. The van der Waals surface area contributed by atoms with Crippen LogP contribution in [0, 0.1) is 5.82 Å². The van der Waals surface area contributed by atoms with E-state index >= 15 is 0 Å². The molecule has 188 valence electrons. The van der Waals surface area contributed by atoms with Gasteiger partial charge in [0, 0.05) is 62.9 Å². The van der Waals surface area contributed by atoms with Crippen LogP contribution in [0.3, 0.4) is 0 Å². The first-order valence-electron chi connectivity index (χ1n) is 12.1. The molecule has 10 nitrogen and oxygen atoms in total. The molecule has 4 aromatic heterocycles. The monoisotopic (exact) mass is 498 g/mol. The number of rotatable bonds is 5. The number of nitrogens with zero attached hydrogens (tertiary/aromatic N) is 8. The lowest BCUT2D eigenvalue weighted by Crippen LogP contribution is -2.47. The van der Waals surface area contributed by atoms with Crippen LogP contribution < -0.4 is 15.5 Å². The molecule has 1 aliphatic heterocycles. The number of halogens is 1. The van der Waals surface area contributed by atoms with Gasteiger partial charge in [0.2, 0.25) is 5.95 Å². The van der Waals surface area contributed by atoms with E-state index in [0.29, 0.717) is 5.95 Å². The molecule has 1 aliphatic rings. The van der Waals surface area contributed by atoms with Gasteiger partial charge in [-0.1, -0.05) is 12.1 Å². The van der Waals surface area contributed by atoms with Crippen LogP contribution in [0.25, 0.3) is 22.3 Å². The van der Waals surface area contributed by atoms with Crippen LogP contribution in [0.2, 0.25) is 0 Å². The third-order valence-corrected chi connectivity index (χ3v) is 6.96. The second kappa shape index (κ2) is 8.93. The van der Waals surface area contributed by atoms with Gasteiger partial charge in [-0.2, -0.15) is 5.10 Å². The van der Waals surface area contributed by atoms with Crippen LogP contribution in [-0.2, 0) is 12.6 Å². The summed E-state index contributed by atoms with van der Waals surface area (Å²) in [5.41, 5.74) is 10.1. The van der Waals surface area contributed by atoms with Crippen molar-refractivity contribution >= 4 is 22.8 Å². The fourth-order valence-electron chi connectivity index (χ4n) is 4.73. The van der Waals surface area contributed by atoms with E-state index in [4.69, 9.17) is 5.73 Å². The van der Waals surface area contributed by atoms with Crippen molar-refractivity contribution in [2.45, 2.75) is 12.5 Å². The van der Waals surface area contributed by atoms with Crippen LogP contribution in [0.5, 0.6) is 0 Å². The lowest BCUT2D eigenvalue weighted by Gasteiger charge is -2.35. The minimum atomic E-state index is -0.825. The molecule has 0 aliphatic carbocycles. The highest BCUT2D eigenvalue weighted by Gasteiger charge is 2.26. The number of aromatic nitrogens is 7. The van der Waals surface area contributed by atoms with Crippen molar-refractivity contribution in [1.29, 1.82) is 0 Å². The average molecular weight is 499 g/mol. The Bertz CT molecular complexity index is 1530. The van der Waals surface area contributed by atoms with E-state index < -0.39 is 5.54 Å². The zero-order chi connectivity index (χ0) is 25.6. The Morgan fingerprint density at radius 3 is 2.30 bits per heavy atom. The van der Waals surface area contributed by atoms with Crippen molar-refractivity contribution in [2.75, 3.05) is 36.0 Å². The molecule has 11 heteroatoms. The molecule has 0 bridgehead atoms. The maximum atomic E-state index is 13.3. The van der Waals surface area contributed by atoms with Gasteiger partial charge in [-0.05, 0) is 30.7 Å². The molecule has 37 heavy (non-hydrogen) atoms. The fourth-order valence-corrected chi connectivity index (χ4v) is 4.73. The Morgan fingerprint density at radius 1 is 0.919 bits per heavy atom. The molecule has 1 fully saturated rings. The highest BCUT2D eigenvalue weighted by Crippen LogP contribution is 2.30. The summed E-state index contributed by atoms with van der Waals surface area (Å²) >= 11 is 0. The van der Waals surface area contributed by atoms with Crippen LogP contribution in [-0.4, -0.2) is 60.9 Å². The van der Waals surface area contributed by atoms with Gasteiger partial charge in [0.15, 0.2) is 0 Å². The smallest absolute Gasteiger partial charge is 0.225 e. The summed E-state index contributed by atoms with van der Waals surface area (Å²) in [7, 11) is 1.90. The predicted octanol–water partition coefficient (Wildman–Crippen LogP) is 2.84. The van der Waals surface area contributed by atoms with Crippen LogP contribution >= 0.6 is 0 Å². The molecule has 0 spiro atoms. The standard InChI is InChI=1S/C26H27FN10/c1-26(28,18-3-5-20(27)6-4-18)19-13-29-25(30-14-19)37-9-7-36(8-10-37)24-21-11-22(17-12-33-35(2)15-17)34-23(21)31-16-32-24/h3-6,11-16H,7-10,28H2,1-2H3,(H,31,32,34)/t26-/m0/s1. The van der Waals surface area contributed by atoms with Gasteiger partial charge in [-0.25, -0.2) is 24.3 Å². The normalized spacial score (nSPS) is 15.8. The van der Waals surface area contributed by atoms with Gasteiger partial charge in [-0.15, -0.1) is 0 Å². The molecule has 1 saturated heterocycles. The van der Waals surface area contributed by atoms with E-state index in [1.807, 2.05) is 26.4 Å². The van der Waals surface area contributed by atoms with E-state index in [9.17, 15) is 4.39 Å². The van der Waals surface area contributed by atoms with Crippen LogP contribution in [0.4, 0.5) is 16.2 Å². The Morgan fingerprint density at radius 2 is 1.62 bits per heavy atom. The van der Waals surface area contributed by atoms with Gasteiger partial charge in [0.25, 0.3) is 0 Å². The summed E-state index contributed by atoms with van der Waals surface area (Å²) in [5.74, 6) is 1.27. The molecule has 3 N–H and O–H groups in total. The van der Waals surface area contributed by atoms with Crippen molar-refractivity contribution in [3.05, 3.63) is 78.4 Å². The molecule has 1 aromatic carbocycles. The van der Waals surface area contributed by atoms with E-state index in [1.54, 1.807) is 35.5 Å². The van der Waals surface area contributed by atoms with Gasteiger partial charge >= 0.3 is 0 Å².